The van der Waals surface area contributed by atoms with Crippen molar-refractivity contribution in [3.8, 4) is 5.75 Å². The number of ether oxygens (including phenoxy) is 1. The minimum Gasteiger partial charge on any atom is -0.490 e. The molecule has 0 aliphatic carbocycles. The predicted octanol–water partition coefficient (Wildman–Crippen LogP) is 4.42. The van der Waals surface area contributed by atoms with Gasteiger partial charge in [0.05, 0.1) is 13.2 Å². The topological polar surface area (TPSA) is 34.4 Å². The Balaban J connectivity index is 2.31. The average Bonchev–Trinajstić information content (AvgIpc) is 2.71. The van der Waals surface area contributed by atoms with Crippen LogP contribution in [0.1, 0.15) is 45.4 Å². The summed E-state index contributed by atoms with van der Waals surface area (Å²) in [6, 6.07) is 6.09. The molecule has 0 aliphatic rings. The third-order valence-corrected chi connectivity index (χ3v) is 3.27. The van der Waals surface area contributed by atoms with Gasteiger partial charge in [-0.3, -0.25) is 0 Å². The van der Waals surface area contributed by atoms with Gasteiger partial charge in [-0.25, -0.2) is 0 Å². The summed E-state index contributed by atoms with van der Waals surface area (Å²) in [6.07, 6.45) is 0.995. The third kappa shape index (κ3) is 3.34. The number of benzene rings is 1. The fourth-order valence-corrected chi connectivity index (χ4v) is 2.11. The second-order valence-corrected chi connectivity index (χ2v) is 6.24. The molecule has 0 saturated carbocycles. The molecular formula is C17H25NO2. The minimum atomic E-state index is 0.0763. The minimum absolute atomic E-state index is 0.0763. The Hall–Kier alpha value is -1.48. The molecule has 0 amide bonds. The highest BCUT2D eigenvalue weighted by Gasteiger charge is 2.16. The van der Waals surface area contributed by atoms with Crippen molar-refractivity contribution in [3.63, 3.8) is 0 Å². The average molecular weight is 275 g/mol. The van der Waals surface area contributed by atoms with Crippen molar-refractivity contribution in [2.45, 2.75) is 53.1 Å². The van der Waals surface area contributed by atoms with Gasteiger partial charge in [-0.2, -0.15) is 0 Å². The number of hydrogen-bond donors (Lipinski definition) is 1. The van der Waals surface area contributed by atoms with Crippen molar-refractivity contribution in [1.82, 2.24) is 5.32 Å². The summed E-state index contributed by atoms with van der Waals surface area (Å²) in [4.78, 5) is 0. The van der Waals surface area contributed by atoms with E-state index in [2.05, 4.69) is 46.0 Å². The van der Waals surface area contributed by atoms with Gasteiger partial charge < -0.3 is 14.5 Å². The van der Waals surface area contributed by atoms with Gasteiger partial charge in [-0.05, 0) is 45.7 Å². The van der Waals surface area contributed by atoms with Crippen LogP contribution < -0.4 is 10.1 Å². The zero-order chi connectivity index (χ0) is 14.8. The van der Waals surface area contributed by atoms with E-state index < -0.39 is 0 Å². The van der Waals surface area contributed by atoms with Crippen LogP contribution in [0.15, 0.2) is 22.6 Å². The molecule has 110 valence electrons. The SMILES string of the molecule is CCCOc1cccc2c(C)c(CNC(C)(C)C)oc12. The van der Waals surface area contributed by atoms with E-state index >= 15 is 0 Å². The molecule has 2 rings (SSSR count). The van der Waals surface area contributed by atoms with E-state index in [9.17, 15) is 0 Å². The van der Waals surface area contributed by atoms with E-state index in [-0.39, 0.29) is 5.54 Å². The molecule has 2 aromatic rings. The number of furan rings is 1. The van der Waals surface area contributed by atoms with Gasteiger partial charge in [0, 0.05) is 10.9 Å². The lowest BCUT2D eigenvalue weighted by Gasteiger charge is -2.19. The highest BCUT2D eigenvalue weighted by molar-refractivity contribution is 5.87. The molecule has 20 heavy (non-hydrogen) atoms. The lowest BCUT2D eigenvalue weighted by molar-refractivity contribution is 0.314. The first-order valence-corrected chi connectivity index (χ1v) is 7.31. The summed E-state index contributed by atoms with van der Waals surface area (Å²) in [7, 11) is 0. The predicted molar refractivity (Wildman–Crippen MR) is 83.3 cm³/mol. The van der Waals surface area contributed by atoms with Crippen molar-refractivity contribution in [3.05, 3.63) is 29.5 Å². The van der Waals surface area contributed by atoms with Crippen molar-refractivity contribution in [2.24, 2.45) is 0 Å². The number of fused-ring (bicyclic) bond motifs is 1. The summed E-state index contributed by atoms with van der Waals surface area (Å²) in [5.41, 5.74) is 2.13. The van der Waals surface area contributed by atoms with Gasteiger partial charge in [0.1, 0.15) is 5.76 Å². The zero-order valence-electron chi connectivity index (χ0n) is 13.2. The second kappa shape index (κ2) is 5.88. The van der Waals surface area contributed by atoms with Crippen LogP contribution in [0.5, 0.6) is 5.75 Å². The Bertz CT molecular complexity index is 578. The number of hydrogen-bond acceptors (Lipinski definition) is 3. The van der Waals surface area contributed by atoms with Gasteiger partial charge in [0.25, 0.3) is 0 Å². The molecule has 1 heterocycles. The quantitative estimate of drug-likeness (QED) is 0.877. The Morgan fingerprint density at radius 3 is 2.65 bits per heavy atom. The molecule has 1 N–H and O–H groups in total. The molecule has 3 heteroatoms. The largest absolute Gasteiger partial charge is 0.490 e. The van der Waals surface area contributed by atoms with E-state index in [0.29, 0.717) is 6.61 Å². The van der Waals surface area contributed by atoms with Crippen LogP contribution >= 0.6 is 0 Å². The summed E-state index contributed by atoms with van der Waals surface area (Å²) in [5, 5.41) is 4.61. The molecule has 0 radical (unpaired) electrons. The van der Waals surface area contributed by atoms with Crippen molar-refractivity contribution >= 4 is 11.0 Å². The molecule has 1 aromatic heterocycles. The Morgan fingerprint density at radius 2 is 2.00 bits per heavy atom. The first kappa shape index (κ1) is 14.9. The van der Waals surface area contributed by atoms with Gasteiger partial charge in [-0.15, -0.1) is 0 Å². The van der Waals surface area contributed by atoms with Crippen molar-refractivity contribution in [2.75, 3.05) is 6.61 Å². The summed E-state index contributed by atoms with van der Waals surface area (Å²) in [5.74, 6) is 1.83. The molecule has 0 fully saturated rings. The van der Waals surface area contributed by atoms with Crippen LogP contribution in [0.3, 0.4) is 0 Å². The van der Waals surface area contributed by atoms with Crippen molar-refractivity contribution < 1.29 is 9.15 Å². The smallest absolute Gasteiger partial charge is 0.176 e. The van der Waals surface area contributed by atoms with E-state index in [4.69, 9.17) is 9.15 Å². The lowest BCUT2D eigenvalue weighted by atomic mass is 10.1. The number of nitrogens with one attached hydrogen (secondary N) is 1. The van der Waals surface area contributed by atoms with Crippen LogP contribution in [-0.4, -0.2) is 12.1 Å². The molecule has 0 spiro atoms. The first-order chi connectivity index (χ1) is 9.42. The molecule has 0 saturated heterocycles. The third-order valence-electron chi connectivity index (χ3n) is 3.27. The summed E-state index contributed by atoms with van der Waals surface area (Å²) in [6.45, 7) is 12.1. The zero-order valence-corrected chi connectivity index (χ0v) is 13.2. The normalized spacial score (nSPS) is 12.1. The Labute approximate surface area is 121 Å². The van der Waals surface area contributed by atoms with Gasteiger partial charge >= 0.3 is 0 Å². The number of rotatable bonds is 5. The highest BCUT2D eigenvalue weighted by Crippen LogP contribution is 2.32. The fraction of sp³-hybridized carbons (Fsp3) is 0.529. The maximum Gasteiger partial charge on any atom is 0.176 e. The maximum atomic E-state index is 6.03. The molecule has 0 bridgehead atoms. The first-order valence-electron chi connectivity index (χ1n) is 7.31. The van der Waals surface area contributed by atoms with Crippen LogP contribution in [0, 0.1) is 6.92 Å². The molecule has 1 aromatic carbocycles. The maximum absolute atomic E-state index is 6.03. The van der Waals surface area contributed by atoms with Crippen LogP contribution in [-0.2, 0) is 6.54 Å². The van der Waals surface area contributed by atoms with Gasteiger partial charge in [0.15, 0.2) is 11.3 Å². The monoisotopic (exact) mass is 275 g/mol. The number of aryl methyl sites for hydroxylation is 1. The van der Waals surface area contributed by atoms with Gasteiger partial charge in [0.2, 0.25) is 0 Å². The van der Waals surface area contributed by atoms with Gasteiger partial charge in [-0.1, -0.05) is 19.1 Å². The summed E-state index contributed by atoms with van der Waals surface area (Å²) < 4.78 is 11.8. The molecule has 0 atom stereocenters. The van der Waals surface area contributed by atoms with Crippen LogP contribution in [0.25, 0.3) is 11.0 Å². The Kier molecular flexibility index (Phi) is 4.39. The van der Waals surface area contributed by atoms with Crippen LogP contribution in [0.2, 0.25) is 0 Å². The second-order valence-electron chi connectivity index (χ2n) is 6.24. The lowest BCUT2D eigenvalue weighted by Crippen LogP contribution is -2.35. The van der Waals surface area contributed by atoms with E-state index in [1.807, 2.05) is 12.1 Å². The Morgan fingerprint density at radius 1 is 1.25 bits per heavy atom. The highest BCUT2D eigenvalue weighted by atomic mass is 16.5. The van der Waals surface area contributed by atoms with E-state index in [0.717, 1.165) is 35.4 Å². The van der Waals surface area contributed by atoms with E-state index in [1.54, 1.807) is 0 Å². The fourth-order valence-electron chi connectivity index (χ4n) is 2.11. The molecular weight excluding hydrogens is 250 g/mol. The molecule has 0 unspecified atom stereocenters. The molecule has 0 aliphatic heterocycles. The number of para-hydroxylation sites is 1. The molecule has 3 nitrogen and oxygen atoms in total. The summed E-state index contributed by atoms with van der Waals surface area (Å²) >= 11 is 0. The van der Waals surface area contributed by atoms with Crippen molar-refractivity contribution in [1.29, 1.82) is 0 Å². The van der Waals surface area contributed by atoms with E-state index in [1.165, 1.54) is 5.56 Å². The standard InChI is InChI=1S/C17H25NO2/c1-6-10-19-14-9-7-8-13-12(2)15(20-16(13)14)11-18-17(3,4)5/h7-9,18H,6,10-11H2,1-5H3. The van der Waals surface area contributed by atoms with Crippen LogP contribution in [0.4, 0.5) is 0 Å².